The van der Waals surface area contributed by atoms with Crippen molar-refractivity contribution in [3.8, 4) is 5.75 Å². The van der Waals surface area contributed by atoms with Crippen LogP contribution < -0.4 is 15.4 Å². The van der Waals surface area contributed by atoms with Crippen LogP contribution in [0, 0.1) is 6.92 Å². The third-order valence-electron chi connectivity index (χ3n) is 3.88. The highest BCUT2D eigenvalue weighted by atomic mass is 35.5. The van der Waals surface area contributed by atoms with Crippen molar-refractivity contribution in [1.82, 2.24) is 15.2 Å². The second-order valence-corrected chi connectivity index (χ2v) is 6.17. The smallest absolute Gasteiger partial charge is 0.244 e. The largest absolute Gasteiger partial charge is 0.496 e. The Hall–Kier alpha value is -2.86. The zero-order chi connectivity index (χ0) is 18.4. The third kappa shape index (κ3) is 4.61. The molecule has 6 nitrogen and oxygen atoms in total. The summed E-state index contributed by atoms with van der Waals surface area (Å²) in [5.74, 6) is 1.96. The van der Waals surface area contributed by atoms with E-state index in [4.69, 9.17) is 16.3 Å². The predicted octanol–water partition coefficient (Wildman–Crippen LogP) is 4.24. The van der Waals surface area contributed by atoms with Crippen LogP contribution in [0.1, 0.15) is 11.1 Å². The van der Waals surface area contributed by atoms with E-state index in [1.807, 2.05) is 49.4 Å². The van der Waals surface area contributed by atoms with Crippen molar-refractivity contribution in [2.24, 2.45) is 0 Å². The van der Waals surface area contributed by atoms with Gasteiger partial charge in [-0.15, -0.1) is 5.10 Å². The van der Waals surface area contributed by atoms with Gasteiger partial charge in [-0.2, -0.15) is 10.1 Å². The minimum atomic E-state index is 0.469. The highest BCUT2D eigenvalue weighted by Gasteiger charge is 2.05. The molecule has 0 radical (unpaired) electrons. The summed E-state index contributed by atoms with van der Waals surface area (Å²) >= 11 is 5.99. The van der Waals surface area contributed by atoms with Crippen LogP contribution in [0.25, 0.3) is 0 Å². The summed E-state index contributed by atoms with van der Waals surface area (Å²) in [5.41, 5.74) is 3.08. The van der Waals surface area contributed by atoms with Gasteiger partial charge >= 0.3 is 0 Å². The number of ether oxygens (including phenoxy) is 1. The van der Waals surface area contributed by atoms with Crippen LogP contribution in [-0.4, -0.2) is 28.8 Å². The Kier molecular flexibility index (Phi) is 5.86. The van der Waals surface area contributed by atoms with Gasteiger partial charge in [0, 0.05) is 17.3 Å². The second-order valence-electron chi connectivity index (χ2n) is 5.74. The molecule has 0 bridgehead atoms. The Morgan fingerprint density at radius 2 is 2.00 bits per heavy atom. The Bertz CT molecular complexity index is 887. The molecule has 2 N–H and O–H groups in total. The average molecular weight is 370 g/mol. The van der Waals surface area contributed by atoms with Gasteiger partial charge in [-0.1, -0.05) is 29.8 Å². The van der Waals surface area contributed by atoms with Crippen molar-refractivity contribution < 1.29 is 4.74 Å². The summed E-state index contributed by atoms with van der Waals surface area (Å²) < 4.78 is 5.36. The zero-order valence-electron chi connectivity index (χ0n) is 14.7. The van der Waals surface area contributed by atoms with Crippen LogP contribution in [0.4, 0.5) is 17.5 Å². The standard InChI is InChI=1S/C19H20ClN5O/c1-13-11-15(20)7-8-16(13)23-18-12-22-25-19(24-18)21-10-9-14-5-3-4-6-17(14)26-2/h3-8,11-12H,9-10H2,1-2H3,(H2,21,23,24,25). The molecule has 0 atom stereocenters. The minimum Gasteiger partial charge on any atom is -0.496 e. The molecule has 26 heavy (non-hydrogen) atoms. The highest BCUT2D eigenvalue weighted by Crippen LogP contribution is 2.22. The van der Waals surface area contributed by atoms with E-state index in [9.17, 15) is 0 Å². The fraction of sp³-hybridized carbons (Fsp3) is 0.211. The Balaban J connectivity index is 1.62. The van der Waals surface area contributed by atoms with Crippen molar-refractivity contribution in [1.29, 1.82) is 0 Å². The number of methoxy groups -OCH3 is 1. The maximum atomic E-state index is 5.99. The minimum absolute atomic E-state index is 0.469. The normalized spacial score (nSPS) is 10.4. The van der Waals surface area contributed by atoms with Crippen molar-refractivity contribution >= 4 is 29.1 Å². The van der Waals surface area contributed by atoms with Crippen molar-refractivity contribution in [3.63, 3.8) is 0 Å². The molecule has 3 rings (SSSR count). The van der Waals surface area contributed by atoms with Gasteiger partial charge in [0.05, 0.1) is 13.3 Å². The van der Waals surface area contributed by atoms with Crippen LogP contribution >= 0.6 is 11.6 Å². The number of para-hydroxylation sites is 1. The van der Waals surface area contributed by atoms with Crippen LogP contribution in [0.3, 0.4) is 0 Å². The first kappa shape index (κ1) is 17.9. The average Bonchev–Trinajstić information content (AvgIpc) is 2.65. The summed E-state index contributed by atoms with van der Waals surface area (Å²) in [6.07, 6.45) is 2.38. The predicted molar refractivity (Wildman–Crippen MR) is 104 cm³/mol. The lowest BCUT2D eigenvalue weighted by Crippen LogP contribution is -2.10. The van der Waals surface area contributed by atoms with Gasteiger partial charge in [0.1, 0.15) is 5.75 Å². The van der Waals surface area contributed by atoms with Crippen LogP contribution in [0.15, 0.2) is 48.7 Å². The molecule has 2 aromatic carbocycles. The van der Waals surface area contributed by atoms with Gasteiger partial charge in [0.25, 0.3) is 0 Å². The Labute approximate surface area is 157 Å². The molecule has 7 heteroatoms. The fourth-order valence-electron chi connectivity index (χ4n) is 2.56. The molecule has 1 heterocycles. The van der Waals surface area contributed by atoms with Crippen molar-refractivity contribution in [2.75, 3.05) is 24.3 Å². The number of nitrogens with one attached hydrogen (secondary N) is 2. The molecule has 0 aliphatic heterocycles. The fourth-order valence-corrected chi connectivity index (χ4v) is 2.79. The van der Waals surface area contributed by atoms with Gasteiger partial charge in [0.2, 0.25) is 5.95 Å². The lowest BCUT2D eigenvalue weighted by molar-refractivity contribution is 0.410. The molecule has 0 aliphatic rings. The SMILES string of the molecule is COc1ccccc1CCNc1nncc(Nc2ccc(Cl)cc2C)n1. The molecule has 3 aromatic rings. The van der Waals surface area contributed by atoms with Crippen molar-refractivity contribution in [3.05, 3.63) is 64.8 Å². The quantitative estimate of drug-likeness (QED) is 0.649. The van der Waals surface area contributed by atoms with E-state index in [-0.39, 0.29) is 0 Å². The number of halogens is 1. The van der Waals surface area contributed by atoms with E-state index in [1.165, 1.54) is 0 Å². The molecule has 134 valence electrons. The summed E-state index contributed by atoms with van der Waals surface area (Å²) in [7, 11) is 1.67. The molecular formula is C19H20ClN5O. The van der Waals surface area contributed by atoms with E-state index in [0.717, 1.165) is 29.0 Å². The molecule has 0 spiro atoms. The molecular weight excluding hydrogens is 350 g/mol. The molecule has 0 saturated heterocycles. The van der Waals surface area contributed by atoms with Gasteiger partial charge in [0.15, 0.2) is 5.82 Å². The topological polar surface area (TPSA) is 72.0 Å². The second kappa shape index (κ2) is 8.49. The zero-order valence-corrected chi connectivity index (χ0v) is 15.4. The number of aromatic nitrogens is 3. The summed E-state index contributed by atoms with van der Waals surface area (Å²) in [4.78, 5) is 4.45. The maximum absolute atomic E-state index is 5.99. The number of hydrogen-bond acceptors (Lipinski definition) is 6. The maximum Gasteiger partial charge on any atom is 0.244 e. The van der Waals surface area contributed by atoms with Gasteiger partial charge < -0.3 is 15.4 Å². The Morgan fingerprint density at radius 3 is 2.81 bits per heavy atom. The third-order valence-corrected chi connectivity index (χ3v) is 4.12. The summed E-state index contributed by atoms with van der Waals surface area (Å²) in [6, 6.07) is 13.6. The number of rotatable bonds is 7. The van der Waals surface area contributed by atoms with E-state index in [0.29, 0.717) is 23.3 Å². The molecule has 0 amide bonds. The Morgan fingerprint density at radius 1 is 1.15 bits per heavy atom. The van der Waals surface area contributed by atoms with Crippen LogP contribution in [-0.2, 0) is 6.42 Å². The first-order valence-electron chi connectivity index (χ1n) is 8.24. The van der Waals surface area contributed by atoms with Gasteiger partial charge in [-0.25, -0.2) is 0 Å². The number of anilines is 3. The molecule has 1 aromatic heterocycles. The van der Waals surface area contributed by atoms with Gasteiger partial charge in [-0.05, 0) is 48.7 Å². The lowest BCUT2D eigenvalue weighted by atomic mass is 10.1. The van der Waals surface area contributed by atoms with Crippen molar-refractivity contribution in [2.45, 2.75) is 13.3 Å². The van der Waals surface area contributed by atoms with Crippen LogP contribution in [0.5, 0.6) is 5.75 Å². The van der Waals surface area contributed by atoms with Crippen LogP contribution in [0.2, 0.25) is 5.02 Å². The highest BCUT2D eigenvalue weighted by molar-refractivity contribution is 6.30. The van der Waals surface area contributed by atoms with E-state index in [1.54, 1.807) is 13.3 Å². The number of nitrogens with zero attached hydrogens (tertiary/aromatic N) is 3. The number of benzene rings is 2. The number of hydrogen-bond donors (Lipinski definition) is 2. The van der Waals surface area contributed by atoms with E-state index < -0.39 is 0 Å². The van der Waals surface area contributed by atoms with E-state index in [2.05, 4.69) is 25.8 Å². The summed E-state index contributed by atoms with van der Waals surface area (Å²) in [6.45, 7) is 2.65. The lowest BCUT2D eigenvalue weighted by Gasteiger charge is -2.11. The summed E-state index contributed by atoms with van der Waals surface area (Å²) in [5, 5.41) is 15.2. The first-order chi connectivity index (χ1) is 12.7. The monoisotopic (exact) mass is 369 g/mol. The molecule has 0 fully saturated rings. The molecule has 0 unspecified atom stereocenters. The number of aryl methyl sites for hydroxylation is 1. The van der Waals surface area contributed by atoms with Gasteiger partial charge in [-0.3, -0.25) is 0 Å². The van der Waals surface area contributed by atoms with E-state index >= 15 is 0 Å². The first-order valence-corrected chi connectivity index (χ1v) is 8.62. The molecule has 0 saturated carbocycles. The molecule has 0 aliphatic carbocycles.